The lowest BCUT2D eigenvalue weighted by Crippen LogP contribution is -2.29. The van der Waals surface area contributed by atoms with Crippen LogP contribution in [-0.2, 0) is 9.53 Å². The number of rotatable bonds is 2. The highest BCUT2D eigenvalue weighted by Crippen LogP contribution is 2.32. The first kappa shape index (κ1) is 11.3. The minimum atomic E-state index is -0.285. The van der Waals surface area contributed by atoms with E-state index in [1.165, 1.54) is 6.42 Å². The number of allylic oxidation sites excluding steroid dienone is 2. The van der Waals surface area contributed by atoms with Gasteiger partial charge in [0.1, 0.15) is 0 Å². The van der Waals surface area contributed by atoms with Crippen LogP contribution in [0, 0.1) is 5.41 Å². The fraction of sp³-hybridized carbons (Fsp3) is 0.750. The maximum atomic E-state index is 11.7. The van der Waals surface area contributed by atoms with Crippen molar-refractivity contribution in [2.45, 2.75) is 46.0 Å². The van der Waals surface area contributed by atoms with E-state index in [0.717, 1.165) is 25.7 Å². The minimum Gasteiger partial charge on any atom is -0.466 e. The Morgan fingerprint density at radius 3 is 2.93 bits per heavy atom. The van der Waals surface area contributed by atoms with E-state index in [1.54, 1.807) is 0 Å². The molecule has 0 amide bonds. The van der Waals surface area contributed by atoms with Gasteiger partial charge in [0.05, 0.1) is 12.0 Å². The van der Waals surface area contributed by atoms with Gasteiger partial charge in [-0.05, 0) is 39.5 Å². The first-order chi connectivity index (χ1) is 6.69. The third-order valence-corrected chi connectivity index (χ3v) is 2.85. The standard InChI is InChI=1S/C12H20O2/c1-3-14-11(13)12(2)9-7-5-4-6-8-10-12/h5,7H,3-4,6,8-10H2,1-2H3. The van der Waals surface area contributed by atoms with Crippen LogP contribution in [0.1, 0.15) is 46.0 Å². The first-order valence-electron chi connectivity index (χ1n) is 5.51. The van der Waals surface area contributed by atoms with Gasteiger partial charge in [-0.15, -0.1) is 0 Å². The second kappa shape index (κ2) is 5.18. The van der Waals surface area contributed by atoms with Crippen LogP contribution in [0.4, 0.5) is 0 Å². The molecule has 1 aliphatic carbocycles. The Labute approximate surface area is 86.3 Å². The topological polar surface area (TPSA) is 26.3 Å². The van der Waals surface area contributed by atoms with Gasteiger partial charge < -0.3 is 4.74 Å². The monoisotopic (exact) mass is 196 g/mol. The van der Waals surface area contributed by atoms with Gasteiger partial charge in [-0.1, -0.05) is 18.6 Å². The Balaban J connectivity index is 2.63. The van der Waals surface area contributed by atoms with Gasteiger partial charge in [0.25, 0.3) is 0 Å². The van der Waals surface area contributed by atoms with Crippen molar-refractivity contribution in [3.05, 3.63) is 12.2 Å². The molecule has 1 aliphatic rings. The molecule has 0 fully saturated rings. The Kier molecular flexibility index (Phi) is 4.18. The van der Waals surface area contributed by atoms with E-state index in [2.05, 4.69) is 12.2 Å². The molecular weight excluding hydrogens is 176 g/mol. The van der Waals surface area contributed by atoms with Gasteiger partial charge in [-0.25, -0.2) is 0 Å². The normalized spacial score (nSPS) is 27.9. The zero-order valence-electron chi connectivity index (χ0n) is 9.21. The Morgan fingerprint density at radius 2 is 2.21 bits per heavy atom. The molecule has 14 heavy (non-hydrogen) atoms. The van der Waals surface area contributed by atoms with Gasteiger partial charge in [-0.3, -0.25) is 4.79 Å². The van der Waals surface area contributed by atoms with E-state index >= 15 is 0 Å². The molecule has 0 aromatic carbocycles. The molecule has 2 heteroatoms. The fourth-order valence-corrected chi connectivity index (χ4v) is 1.83. The average molecular weight is 196 g/mol. The molecular formula is C12H20O2. The van der Waals surface area contributed by atoms with Crippen molar-refractivity contribution in [2.75, 3.05) is 6.61 Å². The van der Waals surface area contributed by atoms with Gasteiger partial charge >= 0.3 is 5.97 Å². The fourth-order valence-electron chi connectivity index (χ4n) is 1.83. The quantitative estimate of drug-likeness (QED) is 0.501. The van der Waals surface area contributed by atoms with Crippen LogP contribution >= 0.6 is 0 Å². The SMILES string of the molecule is CCOC(=O)C1(C)CC=CCCCC1. The summed E-state index contributed by atoms with van der Waals surface area (Å²) in [7, 11) is 0. The molecule has 0 heterocycles. The summed E-state index contributed by atoms with van der Waals surface area (Å²) in [6.07, 6.45) is 9.54. The number of carbonyl (C=O) groups is 1. The summed E-state index contributed by atoms with van der Waals surface area (Å²) in [6, 6.07) is 0. The number of hydrogen-bond donors (Lipinski definition) is 0. The van der Waals surface area contributed by atoms with Crippen LogP contribution in [0.15, 0.2) is 12.2 Å². The summed E-state index contributed by atoms with van der Waals surface area (Å²) in [5.41, 5.74) is -0.285. The number of hydrogen-bond acceptors (Lipinski definition) is 2. The molecule has 0 aromatic heterocycles. The van der Waals surface area contributed by atoms with Gasteiger partial charge in [0.2, 0.25) is 0 Å². The summed E-state index contributed by atoms with van der Waals surface area (Å²) < 4.78 is 5.11. The van der Waals surface area contributed by atoms with Crippen LogP contribution in [0.2, 0.25) is 0 Å². The molecule has 0 aromatic rings. The second-order valence-electron chi connectivity index (χ2n) is 4.20. The Morgan fingerprint density at radius 1 is 1.43 bits per heavy atom. The zero-order valence-corrected chi connectivity index (χ0v) is 9.21. The maximum Gasteiger partial charge on any atom is 0.312 e. The van der Waals surface area contributed by atoms with Crippen LogP contribution in [-0.4, -0.2) is 12.6 Å². The molecule has 0 saturated heterocycles. The smallest absolute Gasteiger partial charge is 0.312 e. The number of ether oxygens (including phenoxy) is 1. The lowest BCUT2D eigenvalue weighted by atomic mass is 9.80. The molecule has 80 valence electrons. The highest BCUT2D eigenvalue weighted by Gasteiger charge is 2.33. The van der Waals surface area contributed by atoms with E-state index in [0.29, 0.717) is 6.61 Å². The molecule has 0 spiro atoms. The summed E-state index contributed by atoms with van der Waals surface area (Å²) in [4.78, 5) is 11.7. The summed E-state index contributed by atoms with van der Waals surface area (Å²) in [6.45, 7) is 4.36. The Hall–Kier alpha value is -0.790. The highest BCUT2D eigenvalue weighted by molar-refractivity contribution is 5.76. The molecule has 2 nitrogen and oxygen atoms in total. The van der Waals surface area contributed by atoms with Crippen molar-refractivity contribution < 1.29 is 9.53 Å². The first-order valence-corrected chi connectivity index (χ1v) is 5.51. The Bertz CT molecular complexity index is 220. The third kappa shape index (κ3) is 2.86. The van der Waals surface area contributed by atoms with E-state index in [4.69, 9.17) is 4.74 Å². The summed E-state index contributed by atoms with van der Waals surface area (Å²) in [5, 5.41) is 0. The predicted octanol–water partition coefficient (Wildman–Crippen LogP) is 3.08. The zero-order chi connectivity index (χ0) is 10.4. The molecule has 0 bridgehead atoms. The van der Waals surface area contributed by atoms with Crippen molar-refractivity contribution in [3.63, 3.8) is 0 Å². The van der Waals surface area contributed by atoms with Gasteiger partial charge in [-0.2, -0.15) is 0 Å². The molecule has 0 aliphatic heterocycles. The van der Waals surface area contributed by atoms with E-state index in [1.807, 2.05) is 13.8 Å². The molecule has 1 unspecified atom stereocenters. The van der Waals surface area contributed by atoms with Gasteiger partial charge in [0.15, 0.2) is 0 Å². The van der Waals surface area contributed by atoms with E-state index in [9.17, 15) is 4.79 Å². The van der Waals surface area contributed by atoms with Crippen LogP contribution in [0.25, 0.3) is 0 Å². The molecule has 1 rings (SSSR count). The third-order valence-electron chi connectivity index (χ3n) is 2.85. The van der Waals surface area contributed by atoms with Crippen LogP contribution in [0.5, 0.6) is 0 Å². The lowest BCUT2D eigenvalue weighted by molar-refractivity contribution is -0.154. The minimum absolute atomic E-state index is 0.0356. The largest absolute Gasteiger partial charge is 0.466 e. The van der Waals surface area contributed by atoms with Crippen molar-refractivity contribution in [2.24, 2.45) is 5.41 Å². The summed E-state index contributed by atoms with van der Waals surface area (Å²) in [5.74, 6) is -0.0356. The van der Waals surface area contributed by atoms with Gasteiger partial charge in [0, 0.05) is 0 Å². The van der Waals surface area contributed by atoms with Crippen LogP contribution < -0.4 is 0 Å². The number of carbonyl (C=O) groups excluding carboxylic acids is 1. The molecule has 1 atom stereocenters. The number of esters is 1. The summed E-state index contributed by atoms with van der Waals surface area (Å²) >= 11 is 0. The molecule has 0 saturated carbocycles. The van der Waals surface area contributed by atoms with E-state index < -0.39 is 0 Å². The average Bonchev–Trinajstić information content (AvgIpc) is 2.12. The predicted molar refractivity (Wildman–Crippen MR) is 57.0 cm³/mol. The highest BCUT2D eigenvalue weighted by atomic mass is 16.5. The van der Waals surface area contributed by atoms with Crippen molar-refractivity contribution in [3.8, 4) is 0 Å². The second-order valence-corrected chi connectivity index (χ2v) is 4.20. The van der Waals surface area contributed by atoms with Crippen molar-refractivity contribution in [1.29, 1.82) is 0 Å². The van der Waals surface area contributed by atoms with Crippen LogP contribution in [0.3, 0.4) is 0 Å². The van der Waals surface area contributed by atoms with Crippen molar-refractivity contribution in [1.82, 2.24) is 0 Å². The van der Waals surface area contributed by atoms with Crippen molar-refractivity contribution >= 4 is 5.97 Å². The molecule has 0 radical (unpaired) electrons. The maximum absolute atomic E-state index is 11.7. The lowest BCUT2D eigenvalue weighted by Gasteiger charge is -2.26. The molecule has 0 N–H and O–H groups in total. The van der Waals surface area contributed by atoms with E-state index in [-0.39, 0.29) is 11.4 Å².